The van der Waals surface area contributed by atoms with E-state index in [1.165, 1.54) is 33.0 Å². The Labute approximate surface area is 425 Å². The molecule has 1 N–H and O–H groups in total. The van der Waals surface area contributed by atoms with E-state index in [2.05, 4.69) is 220 Å². The molecule has 4 heterocycles. The standard InChI is InChI=1S/C64H65N3O3Si2/c1-37(2)48-30-41(39-21-16-14-17-22-39)31-49(38(3)4)60(48)67-51-26-20-25-47(59(51)66-63(67)50-34-46(71(8,9)10)35-55(61(50)68)72(11,12)13)43-27-44(29-45(28-43)64(5,6)7)58-62-57-54(36-65-58)69-52-32-42(33-53(70-62)56(52)57)40-23-18-15-19-24-40/h14-38,68H,1-13H3. The van der Waals surface area contributed by atoms with Crippen LogP contribution in [0.5, 0.6) is 5.75 Å². The molecule has 0 aliphatic carbocycles. The number of benzene rings is 7. The first-order chi connectivity index (χ1) is 34.2. The number of rotatable bonds is 10. The molecule has 11 rings (SSSR count). The number of phenols is 1. The molecule has 0 bridgehead atoms. The minimum atomic E-state index is -2.05. The summed E-state index contributed by atoms with van der Waals surface area (Å²) in [5.74, 6) is 1.45. The van der Waals surface area contributed by atoms with Gasteiger partial charge in [0.15, 0.2) is 11.2 Å². The number of pyridine rings is 1. The Morgan fingerprint density at radius 1 is 0.556 bits per heavy atom. The van der Waals surface area contributed by atoms with Gasteiger partial charge in [-0.2, -0.15) is 0 Å². The summed E-state index contributed by atoms with van der Waals surface area (Å²) >= 11 is 0. The zero-order valence-corrected chi connectivity index (χ0v) is 46.0. The number of hydrogen-bond donors (Lipinski definition) is 1. The second-order valence-electron chi connectivity index (χ2n) is 23.7. The molecule has 0 atom stereocenters. The van der Waals surface area contributed by atoms with E-state index in [4.69, 9.17) is 18.8 Å². The van der Waals surface area contributed by atoms with Gasteiger partial charge >= 0.3 is 0 Å². The monoisotopic (exact) mass is 979 g/mol. The Morgan fingerprint density at radius 3 is 1.74 bits per heavy atom. The Bertz CT molecular complexity index is 3850. The zero-order valence-electron chi connectivity index (χ0n) is 44.0. The summed E-state index contributed by atoms with van der Waals surface area (Å²) < 4.78 is 15.8. The molecular weight excluding hydrogens is 915 g/mol. The molecule has 0 aliphatic rings. The summed E-state index contributed by atoms with van der Waals surface area (Å²) in [5.41, 5.74) is 18.5. The first kappa shape index (κ1) is 47.3. The minimum Gasteiger partial charge on any atom is -0.507 e. The highest BCUT2D eigenvalue weighted by molar-refractivity contribution is 6.92. The second-order valence-corrected chi connectivity index (χ2v) is 33.8. The molecule has 4 aromatic heterocycles. The summed E-state index contributed by atoms with van der Waals surface area (Å²) in [4.78, 5) is 11.0. The molecule has 0 aliphatic heterocycles. The van der Waals surface area contributed by atoms with Gasteiger partial charge in [0, 0.05) is 11.1 Å². The average molecular weight is 980 g/mol. The van der Waals surface area contributed by atoms with E-state index < -0.39 is 16.1 Å². The van der Waals surface area contributed by atoms with Gasteiger partial charge in [0.2, 0.25) is 0 Å². The van der Waals surface area contributed by atoms with Crippen molar-refractivity contribution < 1.29 is 13.9 Å². The van der Waals surface area contributed by atoms with Crippen LogP contribution >= 0.6 is 0 Å². The molecule has 362 valence electrons. The van der Waals surface area contributed by atoms with Crippen molar-refractivity contribution in [2.24, 2.45) is 0 Å². The van der Waals surface area contributed by atoms with Crippen molar-refractivity contribution in [1.82, 2.24) is 14.5 Å². The molecule has 11 aromatic rings. The fraction of sp³-hybridized carbons (Fsp3) is 0.250. The van der Waals surface area contributed by atoms with E-state index >= 15 is 0 Å². The van der Waals surface area contributed by atoms with E-state index in [0.29, 0.717) is 16.9 Å². The number of para-hydroxylation sites is 1. The van der Waals surface area contributed by atoms with Gasteiger partial charge < -0.3 is 13.9 Å². The average Bonchev–Trinajstić information content (AvgIpc) is 4.05. The van der Waals surface area contributed by atoms with E-state index in [0.717, 1.165) is 88.7 Å². The largest absolute Gasteiger partial charge is 0.507 e. The zero-order chi connectivity index (χ0) is 50.8. The molecule has 8 heteroatoms. The van der Waals surface area contributed by atoms with Gasteiger partial charge in [-0.1, -0.05) is 178 Å². The van der Waals surface area contributed by atoms with Crippen molar-refractivity contribution in [1.29, 1.82) is 0 Å². The molecule has 72 heavy (non-hydrogen) atoms. The summed E-state index contributed by atoms with van der Waals surface area (Å²) in [6, 6.07) is 48.1. The van der Waals surface area contributed by atoms with Crippen LogP contribution in [0.2, 0.25) is 39.3 Å². The SMILES string of the molecule is CC(C)c1cc(-c2ccccc2)cc(C(C)C)c1-n1c(-c2cc([Si](C)(C)C)cc([Si](C)(C)C)c2O)nc2c(-c3cc(-c4ncc5oc6cc(-c7ccccc7)cc7oc4c5c67)cc(C(C)(C)C)c3)cccc21. The maximum absolute atomic E-state index is 12.8. The van der Waals surface area contributed by atoms with Gasteiger partial charge in [-0.3, -0.25) is 4.57 Å². The highest BCUT2D eigenvalue weighted by Crippen LogP contribution is 2.47. The van der Waals surface area contributed by atoms with Crippen LogP contribution in [0.3, 0.4) is 0 Å². The third-order valence-corrected chi connectivity index (χ3v) is 18.7. The maximum Gasteiger partial charge on any atom is 0.165 e. The number of hydrogen-bond acceptors (Lipinski definition) is 5. The lowest BCUT2D eigenvalue weighted by Gasteiger charge is -2.27. The van der Waals surface area contributed by atoms with Crippen LogP contribution in [-0.4, -0.2) is 35.8 Å². The van der Waals surface area contributed by atoms with Gasteiger partial charge in [-0.15, -0.1) is 0 Å². The van der Waals surface area contributed by atoms with Crippen LogP contribution in [0.1, 0.15) is 77.0 Å². The van der Waals surface area contributed by atoms with E-state index in [9.17, 15) is 5.11 Å². The van der Waals surface area contributed by atoms with Crippen molar-refractivity contribution in [3.05, 3.63) is 156 Å². The van der Waals surface area contributed by atoms with Gasteiger partial charge in [0.25, 0.3) is 0 Å². The predicted octanol–water partition coefficient (Wildman–Crippen LogP) is 17.2. The van der Waals surface area contributed by atoms with Gasteiger partial charge in [0.05, 0.1) is 55.4 Å². The summed E-state index contributed by atoms with van der Waals surface area (Å²) in [6.07, 6.45) is 1.85. The van der Waals surface area contributed by atoms with Crippen LogP contribution in [0.15, 0.2) is 148 Å². The normalized spacial score (nSPS) is 12.8. The third kappa shape index (κ3) is 8.00. The topological polar surface area (TPSA) is 77.2 Å². The Kier molecular flexibility index (Phi) is 11.2. The number of fused-ring (bicyclic) bond motifs is 1. The quantitative estimate of drug-likeness (QED) is 0.138. The molecule has 7 aromatic carbocycles. The lowest BCUT2D eigenvalue weighted by molar-refractivity contribution is 0.480. The van der Waals surface area contributed by atoms with Gasteiger partial charge in [-0.05, 0) is 115 Å². The number of imidazole rings is 1. The Hall–Kier alpha value is -7.01. The van der Waals surface area contributed by atoms with Crippen LogP contribution in [0, 0.1) is 0 Å². The molecule has 0 radical (unpaired) electrons. The van der Waals surface area contributed by atoms with E-state index in [1.54, 1.807) is 0 Å². The number of nitrogens with zero attached hydrogens (tertiary/aromatic N) is 3. The number of furan rings is 2. The van der Waals surface area contributed by atoms with Gasteiger partial charge in [0.1, 0.15) is 28.4 Å². The summed E-state index contributed by atoms with van der Waals surface area (Å²) in [6.45, 7) is 30.2. The Balaban J connectivity index is 1.21. The highest BCUT2D eigenvalue weighted by Gasteiger charge is 2.32. The van der Waals surface area contributed by atoms with Crippen LogP contribution in [0.25, 0.3) is 106 Å². The van der Waals surface area contributed by atoms with Crippen molar-refractivity contribution >= 4 is 70.7 Å². The molecule has 0 fully saturated rings. The molecule has 0 spiro atoms. The molecule has 0 unspecified atom stereocenters. The summed E-state index contributed by atoms with van der Waals surface area (Å²) in [7, 11) is -3.95. The second kappa shape index (κ2) is 17.1. The van der Waals surface area contributed by atoms with Gasteiger partial charge in [-0.25, -0.2) is 9.97 Å². The minimum absolute atomic E-state index is 0.177. The first-order valence-electron chi connectivity index (χ1n) is 25.6. The molecular formula is C64H65N3O3Si2. The Morgan fingerprint density at radius 2 is 1.15 bits per heavy atom. The van der Waals surface area contributed by atoms with E-state index in [1.807, 2.05) is 12.3 Å². The molecule has 0 saturated heterocycles. The van der Waals surface area contributed by atoms with E-state index in [-0.39, 0.29) is 17.3 Å². The van der Waals surface area contributed by atoms with Crippen molar-refractivity contribution in [3.8, 4) is 67.5 Å². The van der Waals surface area contributed by atoms with Crippen molar-refractivity contribution in [2.45, 2.75) is 105 Å². The molecule has 0 saturated carbocycles. The molecule has 0 amide bonds. The van der Waals surface area contributed by atoms with Crippen LogP contribution in [0.4, 0.5) is 0 Å². The predicted molar refractivity (Wildman–Crippen MR) is 309 cm³/mol. The number of aromatic nitrogens is 3. The van der Waals surface area contributed by atoms with Crippen molar-refractivity contribution in [2.75, 3.05) is 0 Å². The smallest absolute Gasteiger partial charge is 0.165 e. The van der Waals surface area contributed by atoms with Crippen LogP contribution < -0.4 is 10.4 Å². The summed E-state index contributed by atoms with van der Waals surface area (Å²) in [5, 5.41) is 17.1. The highest BCUT2D eigenvalue weighted by atomic mass is 28.3. The number of aromatic hydroxyl groups is 1. The lowest BCUT2D eigenvalue weighted by Crippen LogP contribution is -2.45. The first-order valence-corrected chi connectivity index (χ1v) is 32.6. The molecule has 6 nitrogen and oxygen atoms in total. The maximum atomic E-state index is 12.8. The third-order valence-electron chi connectivity index (χ3n) is 14.7. The number of phenolic OH excluding ortho intramolecular Hbond substituents is 1. The lowest BCUT2D eigenvalue weighted by atomic mass is 9.83. The van der Waals surface area contributed by atoms with Crippen molar-refractivity contribution in [3.63, 3.8) is 0 Å². The van der Waals surface area contributed by atoms with Crippen LogP contribution in [-0.2, 0) is 5.41 Å². The fourth-order valence-electron chi connectivity index (χ4n) is 10.6. The fourth-order valence-corrected chi connectivity index (χ4v) is 13.4.